The third-order valence-electron chi connectivity index (χ3n) is 5.14. The van der Waals surface area contributed by atoms with Gasteiger partial charge < -0.3 is 0 Å². The van der Waals surface area contributed by atoms with E-state index in [2.05, 4.69) is 99.0 Å². The molecule has 2 aromatic heterocycles. The Morgan fingerprint density at radius 1 is 0.600 bits per heavy atom. The summed E-state index contributed by atoms with van der Waals surface area (Å²) in [7, 11) is 1.73. The Bertz CT molecular complexity index is 1300. The van der Waals surface area contributed by atoms with E-state index in [-0.39, 0.29) is 0 Å². The lowest BCUT2D eigenvalue weighted by atomic mass is 10.0. The van der Waals surface area contributed by atoms with E-state index in [1.807, 2.05) is 30.6 Å². The molecule has 2 heterocycles. The zero-order chi connectivity index (χ0) is 20.3. The zero-order valence-corrected chi connectivity index (χ0v) is 19.0. The molecule has 0 bridgehead atoms. The third-order valence-corrected chi connectivity index (χ3v) is 7.12. The van der Waals surface area contributed by atoms with Gasteiger partial charge in [0.2, 0.25) is 0 Å². The highest BCUT2D eigenvalue weighted by Gasteiger charge is 2.05. The molecule has 4 heteroatoms. The minimum absolute atomic E-state index is 0.985. The van der Waals surface area contributed by atoms with Gasteiger partial charge in [-0.15, -0.1) is 0 Å². The first-order valence-electron chi connectivity index (χ1n) is 9.61. The Hall–Kier alpha value is -2.70. The molecule has 0 unspecified atom stereocenters. The van der Waals surface area contributed by atoms with Crippen LogP contribution in [0, 0.1) is 0 Å². The van der Waals surface area contributed by atoms with Crippen LogP contribution in [0.5, 0.6) is 0 Å². The molecular weight excluding hydrogens is 499 g/mol. The van der Waals surface area contributed by atoms with Gasteiger partial charge in [0.05, 0.1) is 11.2 Å². The summed E-state index contributed by atoms with van der Waals surface area (Å²) < 4.78 is 0. The molecule has 0 aliphatic carbocycles. The SMILES string of the molecule is ISc1ccc(-c2ccc3cc(-c4ccc(-c5ccccn5)cc4)cnc3c2)cc1. The largest absolute Gasteiger partial charge is 0.256 e. The van der Waals surface area contributed by atoms with Crippen LogP contribution >= 0.6 is 30.1 Å². The first-order valence-corrected chi connectivity index (χ1v) is 13.0. The first kappa shape index (κ1) is 19.3. The van der Waals surface area contributed by atoms with Gasteiger partial charge in [0, 0.05) is 55.0 Å². The van der Waals surface area contributed by atoms with Gasteiger partial charge in [0.15, 0.2) is 0 Å². The van der Waals surface area contributed by atoms with Crippen LogP contribution in [0.15, 0.2) is 108 Å². The Labute approximate surface area is 192 Å². The Morgan fingerprint density at radius 2 is 1.30 bits per heavy atom. The van der Waals surface area contributed by atoms with Crippen molar-refractivity contribution in [2.45, 2.75) is 4.90 Å². The number of hydrogen-bond acceptors (Lipinski definition) is 3. The molecule has 0 fully saturated rings. The monoisotopic (exact) mass is 516 g/mol. The van der Waals surface area contributed by atoms with Crippen LogP contribution in [-0.2, 0) is 0 Å². The number of nitrogens with zero attached hydrogens (tertiary/aromatic N) is 2. The maximum absolute atomic E-state index is 4.74. The van der Waals surface area contributed by atoms with E-state index in [9.17, 15) is 0 Å². The molecule has 3 aromatic carbocycles. The zero-order valence-electron chi connectivity index (χ0n) is 16.0. The Morgan fingerprint density at radius 3 is 2.03 bits per heavy atom. The number of pyridine rings is 2. The Kier molecular flexibility index (Phi) is 5.51. The van der Waals surface area contributed by atoms with Crippen molar-refractivity contribution in [1.82, 2.24) is 9.97 Å². The summed E-state index contributed by atoms with van der Waals surface area (Å²) in [5.41, 5.74) is 7.78. The van der Waals surface area contributed by atoms with Gasteiger partial charge in [-0.1, -0.05) is 63.5 Å². The second kappa shape index (κ2) is 8.58. The van der Waals surface area contributed by atoms with Crippen LogP contribution in [0.4, 0.5) is 0 Å². The average molecular weight is 516 g/mol. The molecule has 30 heavy (non-hydrogen) atoms. The molecule has 0 radical (unpaired) electrons. The van der Waals surface area contributed by atoms with Crippen molar-refractivity contribution in [3.63, 3.8) is 0 Å². The number of halogens is 1. The predicted molar refractivity (Wildman–Crippen MR) is 136 cm³/mol. The van der Waals surface area contributed by atoms with E-state index in [1.165, 1.54) is 16.0 Å². The highest BCUT2D eigenvalue weighted by Crippen LogP contribution is 2.30. The van der Waals surface area contributed by atoms with Crippen molar-refractivity contribution in [2.75, 3.05) is 0 Å². The summed E-state index contributed by atoms with van der Waals surface area (Å²) in [6.07, 6.45) is 3.78. The van der Waals surface area contributed by atoms with E-state index < -0.39 is 0 Å². The van der Waals surface area contributed by atoms with Gasteiger partial charge in [-0.3, -0.25) is 9.97 Å². The minimum Gasteiger partial charge on any atom is -0.256 e. The van der Waals surface area contributed by atoms with E-state index in [4.69, 9.17) is 4.98 Å². The maximum Gasteiger partial charge on any atom is 0.0708 e. The fraction of sp³-hybridized carbons (Fsp3) is 0. The van der Waals surface area contributed by atoms with Gasteiger partial charge >= 0.3 is 0 Å². The third kappa shape index (κ3) is 3.98. The highest BCUT2D eigenvalue weighted by molar-refractivity contribution is 14.2. The van der Waals surface area contributed by atoms with Crippen molar-refractivity contribution in [2.24, 2.45) is 0 Å². The van der Waals surface area contributed by atoms with E-state index >= 15 is 0 Å². The van der Waals surface area contributed by atoms with Gasteiger partial charge in [-0.05, 0) is 53.1 Å². The first-order chi connectivity index (χ1) is 14.8. The molecule has 5 aromatic rings. The predicted octanol–water partition coefficient (Wildman–Crippen LogP) is 8.07. The van der Waals surface area contributed by atoms with Crippen LogP contribution in [0.25, 0.3) is 44.4 Å². The maximum atomic E-state index is 4.74. The van der Waals surface area contributed by atoms with Crippen molar-refractivity contribution in [3.05, 3.63) is 103 Å². The van der Waals surface area contributed by atoms with Gasteiger partial charge in [-0.2, -0.15) is 0 Å². The lowest BCUT2D eigenvalue weighted by Gasteiger charge is -2.08. The Balaban J connectivity index is 1.45. The molecule has 0 aliphatic heterocycles. The molecular formula is C26H17IN2S. The molecule has 2 nitrogen and oxygen atoms in total. The number of benzene rings is 3. The smallest absolute Gasteiger partial charge is 0.0708 e. The fourth-order valence-corrected chi connectivity index (χ4v) is 4.64. The molecule has 144 valence electrons. The van der Waals surface area contributed by atoms with E-state index in [0.29, 0.717) is 0 Å². The van der Waals surface area contributed by atoms with Gasteiger partial charge in [-0.25, -0.2) is 0 Å². The van der Waals surface area contributed by atoms with Crippen LogP contribution in [-0.4, -0.2) is 9.97 Å². The number of hydrogen-bond donors (Lipinski definition) is 0. The number of rotatable bonds is 4. The van der Waals surface area contributed by atoms with Crippen molar-refractivity contribution in [1.29, 1.82) is 0 Å². The van der Waals surface area contributed by atoms with Crippen molar-refractivity contribution >= 4 is 41.0 Å². The van der Waals surface area contributed by atoms with Crippen molar-refractivity contribution in [3.8, 4) is 33.5 Å². The summed E-state index contributed by atoms with van der Waals surface area (Å²) in [6.45, 7) is 0. The molecule has 0 N–H and O–H groups in total. The highest BCUT2D eigenvalue weighted by atomic mass is 127. The molecule has 0 saturated carbocycles. The van der Waals surface area contributed by atoms with Crippen molar-refractivity contribution < 1.29 is 0 Å². The molecule has 0 saturated heterocycles. The van der Waals surface area contributed by atoms with Gasteiger partial charge in [0.1, 0.15) is 0 Å². The lowest BCUT2D eigenvalue weighted by Crippen LogP contribution is -1.86. The van der Waals surface area contributed by atoms with E-state index in [0.717, 1.165) is 33.3 Å². The lowest BCUT2D eigenvalue weighted by molar-refractivity contribution is 1.33. The van der Waals surface area contributed by atoms with Crippen LogP contribution in [0.3, 0.4) is 0 Å². The standard InChI is InChI=1S/C26H17IN2S/c27-30-24-12-10-18(11-13-24)21-8-9-22-15-23(17-29-26(22)16-21)19-4-6-20(7-5-19)25-3-1-2-14-28-25/h1-17H. The van der Waals surface area contributed by atoms with Crippen LogP contribution in [0.1, 0.15) is 0 Å². The average Bonchev–Trinajstić information content (AvgIpc) is 2.84. The summed E-state index contributed by atoms with van der Waals surface area (Å²) in [4.78, 5) is 10.4. The molecule has 0 amide bonds. The topological polar surface area (TPSA) is 25.8 Å². The fourth-order valence-electron chi connectivity index (χ4n) is 3.52. The number of aromatic nitrogens is 2. The number of fused-ring (bicyclic) bond motifs is 1. The molecule has 0 atom stereocenters. The molecule has 0 spiro atoms. The van der Waals surface area contributed by atoms with Crippen LogP contribution < -0.4 is 0 Å². The molecule has 5 rings (SSSR count). The minimum atomic E-state index is 0.985. The quantitative estimate of drug-likeness (QED) is 0.226. The normalized spacial score (nSPS) is 11.0. The summed E-state index contributed by atoms with van der Waals surface area (Å²) >= 11 is 2.31. The second-order valence-corrected chi connectivity index (χ2v) is 8.97. The van der Waals surface area contributed by atoms with Gasteiger partial charge in [0.25, 0.3) is 0 Å². The summed E-state index contributed by atoms with van der Waals surface area (Å²) in [5.74, 6) is 0. The summed E-state index contributed by atoms with van der Waals surface area (Å²) in [6, 6.07) is 31.8. The second-order valence-electron chi connectivity index (χ2n) is 7.03. The van der Waals surface area contributed by atoms with Crippen LogP contribution in [0.2, 0.25) is 0 Å². The molecule has 0 aliphatic rings. The van der Waals surface area contributed by atoms with E-state index in [1.54, 1.807) is 8.93 Å². The summed E-state index contributed by atoms with van der Waals surface area (Å²) in [5, 5.41) is 1.14.